The average Bonchev–Trinajstić information content (AvgIpc) is 3.46. The first kappa shape index (κ1) is 23.8. The first-order valence-corrected chi connectivity index (χ1v) is 10.6. The van der Waals surface area contributed by atoms with Gasteiger partial charge >= 0.3 is 5.97 Å². The molecule has 4 N–H and O–H groups in total. The number of carbonyl (C=O) groups excluding carboxylic acids is 3. The van der Waals surface area contributed by atoms with E-state index >= 15 is 0 Å². The Morgan fingerprint density at radius 3 is 2.55 bits per heavy atom. The topological polar surface area (TPSA) is 138 Å². The highest BCUT2D eigenvalue weighted by atomic mass is 16.5. The minimum absolute atomic E-state index is 0.119. The van der Waals surface area contributed by atoms with Gasteiger partial charge in [0.25, 0.3) is 5.91 Å². The van der Waals surface area contributed by atoms with Gasteiger partial charge in [0.2, 0.25) is 5.91 Å². The fraction of sp³-hybridized carbons (Fsp3) is 0.391. The summed E-state index contributed by atoms with van der Waals surface area (Å²) < 4.78 is 10.2. The van der Waals surface area contributed by atoms with Gasteiger partial charge in [-0.25, -0.2) is 9.78 Å². The van der Waals surface area contributed by atoms with Crippen LogP contribution in [-0.4, -0.2) is 59.0 Å². The molecule has 176 valence electrons. The van der Waals surface area contributed by atoms with Gasteiger partial charge < -0.3 is 30.1 Å². The molecular formula is C23H29N5O5. The third-order valence-electron chi connectivity index (χ3n) is 5.20. The van der Waals surface area contributed by atoms with E-state index in [-0.39, 0.29) is 12.3 Å². The molecule has 2 heterocycles. The number of amides is 2. The quantitative estimate of drug-likeness (QED) is 0.345. The van der Waals surface area contributed by atoms with Crippen molar-refractivity contribution < 1.29 is 23.9 Å². The lowest BCUT2D eigenvalue weighted by Crippen LogP contribution is -2.53. The minimum atomic E-state index is -0.924. The van der Waals surface area contributed by atoms with Gasteiger partial charge in [-0.05, 0) is 30.5 Å². The van der Waals surface area contributed by atoms with Crippen LogP contribution in [-0.2, 0) is 20.7 Å². The molecule has 0 saturated carbocycles. The highest BCUT2D eigenvalue weighted by Gasteiger charge is 2.29. The van der Waals surface area contributed by atoms with Crippen LogP contribution >= 0.6 is 0 Å². The zero-order chi connectivity index (χ0) is 24.0. The van der Waals surface area contributed by atoms with E-state index in [1.165, 1.54) is 13.4 Å². The van der Waals surface area contributed by atoms with Gasteiger partial charge in [0, 0.05) is 29.2 Å². The number of ether oxygens (including phenoxy) is 2. The van der Waals surface area contributed by atoms with Gasteiger partial charge in [-0.2, -0.15) is 0 Å². The third-order valence-corrected chi connectivity index (χ3v) is 5.20. The number of hydrogen-bond acceptors (Lipinski definition) is 6. The van der Waals surface area contributed by atoms with Crippen molar-refractivity contribution in [1.29, 1.82) is 0 Å². The predicted molar refractivity (Wildman–Crippen MR) is 122 cm³/mol. The van der Waals surface area contributed by atoms with Crippen molar-refractivity contribution in [2.45, 2.75) is 38.8 Å². The number of methoxy groups -OCH3 is 2. The van der Waals surface area contributed by atoms with Crippen LogP contribution in [0.4, 0.5) is 0 Å². The van der Waals surface area contributed by atoms with Crippen LogP contribution in [0.2, 0.25) is 0 Å². The number of hydrogen-bond donors (Lipinski definition) is 4. The number of carbonyl (C=O) groups is 3. The second-order valence-corrected chi connectivity index (χ2v) is 8.13. The number of nitrogens with one attached hydrogen (secondary N) is 4. The van der Waals surface area contributed by atoms with Crippen LogP contribution in [0, 0.1) is 5.92 Å². The number of aromatic amines is 2. The van der Waals surface area contributed by atoms with E-state index < -0.39 is 29.9 Å². The molecule has 0 aliphatic heterocycles. The molecule has 2 atom stereocenters. The van der Waals surface area contributed by atoms with Crippen molar-refractivity contribution in [3.8, 4) is 5.75 Å². The molecule has 2 aromatic heterocycles. The van der Waals surface area contributed by atoms with Crippen LogP contribution < -0.4 is 15.4 Å². The Bertz CT molecular complexity index is 1110. The Hall–Kier alpha value is -3.82. The van der Waals surface area contributed by atoms with Crippen molar-refractivity contribution in [3.05, 3.63) is 48.2 Å². The first-order valence-electron chi connectivity index (χ1n) is 10.6. The molecular weight excluding hydrogens is 426 g/mol. The van der Waals surface area contributed by atoms with Gasteiger partial charge in [-0.3, -0.25) is 9.59 Å². The van der Waals surface area contributed by atoms with Crippen LogP contribution in [0.3, 0.4) is 0 Å². The summed E-state index contributed by atoms with van der Waals surface area (Å²) in [4.78, 5) is 48.2. The summed E-state index contributed by atoms with van der Waals surface area (Å²) in [5.74, 6) is -0.736. The first-order chi connectivity index (χ1) is 15.8. The lowest BCUT2D eigenvalue weighted by molar-refractivity contribution is -0.145. The van der Waals surface area contributed by atoms with E-state index in [1.807, 2.05) is 26.0 Å². The second kappa shape index (κ2) is 10.7. The predicted octanol–water partition coefficient (Wildman–Crippen LogP) is 1.94. The molecule has 0 saturated heterocycles. The summed E-state index contributed by atoms with van der Waals surface area (Å²) in [5.41, 5.74) is 1.72. The zero-order valence-electron chi connectivity index (χ0n) is 19.1. The van der Waals surface area contributed by atoms with Crippen molar-refractivity contribution in [1.82, 2.24) is 25.6 Å². The largest absolute Gasteiger partial charge is 0.496 e. The number of esters is 1. The molecule has 3 rings (SSSR count). The van der Waals surface area contributed by atoms with Gasteiger partial charge in [-0.1, -0.05) is 19.9 Å². The smallest absolute Gasteiger partial charge is 0.328 e. The van der Waals surface area contributed by atoms with Crippen LogP contribution in [0.5, 0.6) is 5.75 Å². The number of fused-ring (bicyclic) bond motifs is 1. The molecule has 10 nitrogen and oxygen atoms in total. The summed E-state index contributed by atoms with van der Waals surface area (Å²) in [6, 6.07) is 5.37. The maximum absolute atomic E-state index is 13.1. The lowest BCUT2D eigenvalue weighted by atomic mass is 10.0. The monoisotopic (exact) mass is 455 g/mol. The average molecular weight is 456 g/mol. The van der Waals surface area contributed by atoms with E-state index in [9.17, 15) is 14.4 Å². The molecule has 0 aliphatic carbocycles. The summed E-state index contributed by atoms with van der Waals surface area (Å²) >= 11 is 0. The fourth-order valence-corrected chi connectivity index (χ4v) is 3.59. The fourth-order valence-electron chi connectivity index (χ4n) is 3.59. The molecule has 3 aromatic rings. The molecule has 1 aromatic carbocycles. The number of aromatic nitrogens is 3. The lowest BCUT2D eigenvalue weighted by Gasteiger charge is -2.23. The minimum Gasteiger partial charge on any atom is -0.496 e. The van der Waals surface area contributed by atoms with Crippen LogP contribution in [0.15, 0.2) is 36.8 Å². The number of H-pyrrole nitrogens is 2. The maximum Gasteiger partial charge on any atom is 0.328 e. The van der Waals surface area contributed by atoms with Gasteiger partial charge in [0.15, 0.2) is 0 Å². The summed E-state index contributed by atoms with van der Waals surface area (Å²) in [6.07, 6.45) is 3.63. The Morgan fingerprint density at radius 2 is 1.91 bits per heavy atom. The van der Waals surface area contributed by atoms with E-state index in [2.05, 4.69) is 25.6 Å². The van der Waals surface area contributed by atoms with E-state index in [0.717, 1.165) is 10.9 Å². The Labute approximate surface area is 191 Å². The highest BCUT2D eigenvalue weighted by Crippen LogP contribution is 2.26. The summed E-state index contributed by atoms with van der Waals surface area (Å²) in [6.45, 7) is 3.89. The zero-order valence-corrected chi connectivity index (χ0v) is 19.1. The van der Waals surface area contributed by atoms with Crippen LogP contribution in [0.25, 0.3) is 10.9 Å². The second-order valence-electron chi connectivity index (χ2n) is 8.13. The van der Waals surface area contributed by atoms with Gasteiger partial charge in [0.05, 0.1) is 20.5 Å². The molecule has 2 amide bonds. The van der Waals surface area contributed by atoms with E-state index in [0.29, 0.717) is 23.6 Å². The number of benzene rings is 1. The van der Waals surface area contributed by atoms with Crippen LogP contribution in [0.1, 0.15) is 36.5 Å². The van der Waals surface area contributed by atoms with Crippen molar-refractivity contribution >= 4 is 28.7 Å². The van der Waals surface area contributed by atoms with Gasteiger partial charge in [-0.15, -0.1) is 0 Å². The standard InChI is InChI=1S/C23H29N5O5/c1-13(2)8-17(21(29)28-19(23(31)33-4)9-14-11-24-12-25-14)27-22(30)18-10-15-16(26-18)6-5-7-20(15)32-3/h5-7,10-13,17,19,26H,8-9H2,1-4H3,(H,24,25)(H,27,30)(H,28,29). The summed E-state index contributed by atoms with van der Waals surface area (Å²) in [7, 11) is 2.82. The molecule has 10 heteroatoms. The Kier molecular flexibility index (Phi) is 7.70. The molecule has 0 aliphatic rings. The van der Waals surface area contributed by atoms with E-state index in [1.54, 1.807) is 25.4 Å². The van der Waals surface area contributed by atoms with Crippen molar-refractivity contribution in [2.24, 2.45) is 5.92 Å². The van der Waals surface area contributed by atoms with Crippen molar-refractivity contribution in [3.63, 3.8) is 0 Å². The normalized spacial score (nSPS) is 12.9. The highest BCUT2D eigenvalue weighted by molar-refractivity contribution is 6.01. The number of nitrogens with zero attached hydrogens (tertiary/aromatic N) is 1. The van der Waals surface area contributed by atoms with Crippen molar-refractivity contribution in [2.75, 3.05) is 14.2 Å². The Morgan fingerprint density at radius 1 is 1.12 bits per heavy atom. The third kappa shape index (κ3) is 5.91. The number of imidazole rings is 1. The molecule has 0 spiro atoms. The molecule has 0 radical (unpaired) electrons. The molecule has 2 unspecified atom stereocenters. The molecule has 33 heavy (non-hydrogen) atoms. The molecule has 0 fully saturated rings. The van der Waals surface area contributed by atoms with Gasteiger partial charge in [0.1, 0.15) is 23.5 Å². The Balaban J connectivity index is 1.77. The maximum atomic E-state index is 13.1. The van der Waals surface area contributed by atoms with E-state index in [4.69, 9.17) is 9.47 Å². The number of rotatable bonds is 10. The summed E-state index contributed by atoms with van der Waals surface area (Å²) in [5, 5.41) is 6.26. The SMILES string of the molecule is COC(=O)C(Cc1cnc[nH]1)NC(=O)C(CC(C)C)NC(=O)c1cc2c(OC)cccc2[nH]1. The molecule has 0 bridgehead atoms.